The zero-order valence-corrected chi connectivity index (χ0v) is 16.3. The number of hydrogen-bond acceptors (Lipinski definition) is 4. The van der Waals surface area contributed by atoms with Gasteiger partial charge in [-0.05, 0) is 45.4 Å². The van der Waals surface area contributed by atoms with Crippen LogP contribution in [0.1, 0.15) is 72.8 Å². The highest BCUT2D eigenvalue weighted by Gasteiger charge is 2.43. The molecule has 0 amide bonds. The van der Waals surface area contributed by atoms with E-state index in [1.807, 2.05) is 16.9 Å². The van der Waals surface area contributed by atoms with Crippen LogP contribution in [0.25, 0.3) is 5.65 Å². The lowest BCUT2D eigenvalue weighted by Gasteiger charge is -2.50. The minimum atomic E-state index is 0.00600. The average Bonchev–Trinajstić information content (AvgIpc) is 2.91. The zero-order chi connectivity index (χ0) is 18.0. The van der Waals surface area contributed by atoms with Crippen LogP contribution in [-0.2, 0) is 5.41 Å². The Bertz CT molecular complexity index is 796. The summed E-state index contributed by atoms with van der Waals surface area (Å²) in [5.41, 5.74) is 2.14. The standard InChI is InChI=1S/C20H30N4O/c1-19(2,3)13-11-21-23-12-16-18(22-17(13)23)24(20(4,5)6)14-9-7-8-10-15(14)25-16/h11-12,14-15H,7-10H2,1-6H3. The highest BCUT2D eigenvalue weighted by molar-refractivity contribution is 5.63. The Morgan fingerprint density at radius 1 is 1.08 bits per heavy atom. The van der Waals surface area contributed by atoms with Crippen molar-refractivity contribution in [2.75, 3.05) is 4.90 Å². The predicted molar refractivity (Wildman–Crippen MR) is 101 cm³/mol. The van der Waals surface area contributed by atoms with Crippen molar-refractivity contribution in [1.82, 2.24) is 14.6 Å². The first-order valence-corrected chi connectivity index (χ1v) is 9.51. The molecule has 1 saturated carbocycles. The Kier molecular flexibility index (Phi) is 3.57. The smallest absolute Gasteiger partial charge is 0.180 e. The van der Waals surface area contributed by atoms with Crippen molar-refractivity contribution in [1.29, 1.82) is 0 Å². The number of fused-ring (bicyclic) bond motifs is 3. The lowest BCUT2D eigenvalue weighted by Crippen LogP contribution is -2.58. The fraction of sp³-hybridized carbons (Fsp3) is 0.700. The summed E-state index contributed by atoms with van der Waals surface area (Å²) < 4.78 is 8.28. The van der Waals surface area contributed by atoms with Crippen LogP contribution in [0.15, 0.2) is 12.4 Å². The molecule has 2 aromatic rings. The van der Waals surface area contributed by atoms with E-state index in [1.54, 1.807) is 0 Å². The van der Waals surface area contributed by atoms with Gasteiger partial charge in [0, 0.05) is 11.1 Å². The molecule has 3 heterocycles. The third-order valence-corrected chi connectivity index (χ3v) is 5.48. The minimum absolute atomic E-state index is 0.00600. The summed E-state index contributed by atoms with van der Waals surface area (Å²) in [6.45, 7) is 13.5. The van der Waals surface area contributed by atoms with Crippen LogP contribution in [0.3, 0.4) is 0 Å². The van der Waals surface area contributed by atoms with E-state index in [2.05, 4.69) is 51.5 Å². The molecule has 4 rings (SSSR count). The van der Waals surface area contributed by atoms with E-state index >= 15 is 0 Å². The van der Waals surface area contributed by atoms with E-state index in [0.717, 1.165) is 23.6 Å². The number of ether oxygens (including phenoxy) is 1. The second-order valence-electron chi connectivity index (χ2n) is 9.55. The molecule has 1 aliphatic heterocycles. The Balaban J connectivity index is 1.92. The Morgan fingerprint density at radius 2 is 1.80 bits per heavy atom. The van der Waals surface area contributed by atoms with Gasteiger partial charge < -0.3 is 9.64 Å². The van der Waals surface area contributed by atoms with Gasteiger partial charge >= 0.3 is 0 Å². The highest BCUT2D eigenvalue weighted by Crippen LogP contribution is 2.43. The van der Waals surface area contributed by atoms with Crippen molar-refractivity contribution < 1.29 is 4.74 Å². The fourth-order valence-corrected chi connectivity index (χ4v) is 4.32. The molecule has 0 bridgehead atoms. The first-order chi connectivity index (χ1) is 11.7. The van der Waals surface area contributed by atoms with Gasteiger partial charge in [-0.15, -0.1) is 0 Å². The Labute approximate surface area is 150 Å². The molecule has 136 valence electrons. The Morgan fingerprint density at radius 3 is 2.48 bits per heavy atom. The SMILES string of the molecule is CC(C)(C)c1cnn2cc3c(nc12)N(C(C)(C)C)C1CCCCC1O3. The lowest BCUT2D eigenvalue weighted by molar-refractivity contribution is 0.100. The molecule has 1 fully saturated rings. The van der Waals surface area contributed by atoms with Gasteiger partial charge in [0.2, 0.25) is 0 Å². The topological polar surface area (TPSA) is 42.7 Å². The molecule has 0 saturated heterocycles. The number of nitrogens with zero attached hydrogens (tertiary/aromatic N) is 4. The normalized spacial score (nSPS) is 24.0. The van der Waals surface area contributed by atoms with Crippen molar-refractivity contribution in [3.05, 3.63) is 18.0 Å². The van der Waals surface area contributed by atoms with E-state index in [9.17, 15) is 0 Å². The summed E-state index contributed by atoms with van der Waals surface area (Å²) in [7, 11) is 0. The maximum Gasteiger partial charge on any atom is 0.180 e. The van der Waals surface area contributed by atoms with Gasteiger partial charge in [-0.25, -0.2) is 9.50 Å². The van der Waals surface area contributed by atoms with Crippen LogP contribution in [0, 0.1) is 0 Å². The molecule has 0 aromatic carbocycles. The summed E-state index contributed by atoms with van der Waals surface area (Å²) in [6, 6.07) is 0.414. The van der Waals surface area contributed by atoms with Crippen LogP contribution >= 0.6 is 0 Å². The second-order valence-corrected chi connectivity index (χ2v) is 9.55. The summed E-state index contributed by atoms with van der Waals surface area (Å²) >= 11 is 0. The average molecular weight is 342 g/mol. The molecule has 2 atom stereocenters. The molecular weight excluding hydrogens is 312 g/mol. The Hall–Kier alpha value is -1.78. The molecule has 1 aliphatic carbocycles. The second kappa shape index (κ2) is 5.36. The molecule has 25 heavy (non-hydrogen) atoms. The molecule has 5 nitrogen and oxygen atoms in total. The number of hydrogen-bond donors (Lipinski definition) is 0. The van der Waals surface area contributed by atoms with Gasteiger partial charge in [0.25, 0.3) is 0 Å². The van der Waals surface area contributed by atoms with Crippen LogP contribution in [0.4, 0.5) is 5.82 Å². The monoisotopic (exact) mass is 342 g/mol. The van der Waals surface area contributed by atoms with E-state index in [-0.39, 0.29) is 17.1 Å². The molecule has 0 spiro atoms. The van der Waals surface area contributed by atoms with Gasteiger partial charge in [-0.3, -0.25) is 0 Å². The van der Waals surface area contributed by atoms with Gasteiger partial charge in [0.05, 0.1) is 18.4 Å². The summed E-state index contributed by atoms with van der Waals surface area (Å²) in [5, 5.41) is 4.54. The molecule has 0 radical (unpaired) electrons. The lowest BCUT2D eigenvalue weighted by atomic mass is 9.87. The summed E-state index contributed by atoms with van der Waals surface area (Å²) in [4.78, 5) is 7.59. The van der Waals surface area contributed by atoms with Crippen LogP contribution in [0.2, 0.25) is 0 Å². The summed E-state index contributed by atoms with van der Waals surface area (Å²) in [6.07, 6.45) is 9.06. The zero-order valence-electron chi connectivity index (χ0n) is 16.3. The number of aromatic nitrogens is 3. The quantitative estimate of drug-likeness (QED) is 0.714. The number of anilines is 1. The van der Waals surface area contributed by atoms with Gasteiger partial charge in [-0.2, -0.15) is 5.10 Å². The van der Waals surface area contributed by atoms with Crippen molar-refractivity contribution in [2.24, 2.45) is 0 Å². The third-order valence-electron chi connectivity index (χ3n) is 5.48. The maximum atomic E-state index is 6.40. The predicted octanol–water partition coefficient (Wildman–Crippen LogP) is 4.34. The fourth-order valence-electron chi connectivity index (χ4n) is 4.32. The first-order valence-electron chi connectivity index (χ1n) is 9.51. The molecule has 2 aromatic heterocycles. The van der Waals surface area contributed by atoms with E-state index in [4.69, 9.17) is 9.72 Å². The molecule has 0 N–H and O–H groups in total. The molecule has 2 aliphatic rings. The van der Waals surface area contributed by atoms with E-state index in [1.165, 1.54) is 24.8 Å². The van der Waals surface area contributed by atoms with Gasteiger partial charge in [0.1, 0.15) is 6.10 Å². The van der Waals surface area contributed by atoms with Crippen LogP contribution < -0.4 is 9.64 Å². The first kappa shape index (κ1) is 16.7. The van der Waals surface area contributed by atoms with Crippen molar-refractivity contribution in [2.45, 2.75) is 90.3 Å². The third kappa shape index (κ3) is 2.68. The maximum absolute atomic E-state index is 6.40. The van der Waals surface area contributed by atoms with E-state index in [0.29, 0.717) is 6.04 Å². The highest BCUT2D eigenvalue weighted by atomic mass is 16.5. The largest absolute Gasteiger partial charge is 0.483 e. The van der Waals surface area contributed by atoms with Gasteiger partial charge in [0.15, 0.2) is 17.2 Å². The molecular formula is C20H30N4O. The van der Waals surface area contributed by atoms with Crippen molar-refractivity contribution in [3.8, 4) is 5.75 Å². The minimum Gasteiger partial charge on any atom is -0.483 e. The van der Waals surface area contributed by atoms with Crippen molar-refractivity contribution in [3.63, 3.8) is 0 Å². The van der Waals surface area contributed by atoms with E-state index < -0.39 is 0 Å². The van der Waals surface area contributed by atoms with Crippen LogP contribution in [0.5, 0.6) is 5.75 Å². The van der Waals surface area contributed by atoms with Gasteiger partial charge in [-0.1, -0.05) is 27.2 Å². The summed E-state index contributed by atoms with van der Waals surface area (Å²) in [5.74, 6) is 1.85. The molecule has 2 unspecified atom stereocenters. The van der Waals surface area contributed by atoms with Crippen molar-refractivity contribution >= 4 is 11.5 Å². The number of rotatable bonds is 0. The van der Waals surface area contributed by atoms with Crippen LogP contribution in [-0.4, -0.2) is 32.3 Å². The molecule has 5 heteroatoms.